The molecular weight excluding hydrogens is 499 g/mol. The number of benzene rings is 1. The van der Waals surface area contributed by atoms with Crippen LogP contribution in [0.1, 0.15) is 62.7 Å². The number of aliphatic hydroxyl groups is 1. The number of nitrogens with one attached hydrogen (secondary N) is 1. The van der Waals surface area contributed by atoms with Gasteiger partial charge in [0.05, 0.1) is 48.3 Å². The van der Waals surface area contributed by atoms with Gasteiger partial charge >= 0.3 is 0 Å². The van der Waals surface area contributed by atoms with Gasteiger partial charge in [0.25, 0.3) is 5.91 Å². The predicted molar refractivity (Wildman–Crippen MR) is 139 cm³/mol. The summed E-state index contributed by atoms with van der Waals surface area (Å²) in [7, 11) is 0. The first-order valence-corrected chi connectivity index (χ1v) is 13.1. The first kappa shape index (κ1) is 27.7. The van der Waals surface area contributed by atoms with Gasteiger partial charge in [-0.3, -0.25) is 4.79 Å². The normalized spacial score (nSPS) is 24.1. The van der Waals surface area contributed by atoms with Gasteiger partial charge in [0.2, 0.25) is 5.95 Å². The molecule has 1 unspecified atom stereocenters. The van der Waals surface area contributed by atoms with Crippen LogP contribution in [0.5, 0.6) is 0 Å². The minimum absolute atomic E-state index is 0.0881. The Hall–Kier alpha value is -2.33. The van der Waals surface area contributed by atoms with Crippen LogP contribution in [0.2, 0.25) is 5.02 Å². The van der Waals surface area contributed by atoms with Gasteiger partial charge in [0.1, 0.15) is 5.82 Å². The fourth-order valence-corrected chi connectivity index (χ4v) is 5.09. The van der Waals surface area contributed by atoms with Gasteiger partial charge in [-0.1, -0.05) is 31.5 Å². The number of carbonyl (C=O) groups excluding carboxylic acids is 1. The molecule has 1 aromatic carbocycles. The van der Waals surface area contributed by atoms with Gasteiger partial charge in [-0.2, -0.15) is 0 Å². The molecule has 2 aliphatic heterocycles. The van der Waals surface area contributed by atoms with Gasteiger partial charge in [-0.25, -0.2) is 14.4 Å². The van der Waals surface area contributed by atoms with Crippen LogP contribution < -0.4 is 10.2 Å². The van der Waals surface area contributed by atoms with E-state index in [-0.39, 0.29) is 17.6 Å². The smallest absolute Gasteiger partial charge is 0.254 e. The number of ether oxygens (including phenoxy) is 2. The molecule has 1 aromatic heterocycles. The summed E-state index contributed by atoms with van der Waals surface area (Å²) in [6, 6.07) is 4.36. The van der Waals surface area contributed by atoms with Gasteiger partial charge in [0.15, 0.2) is 6.29 Å². The SMILES string of the molecule is CC(C1CCN(c2ncc(Cl)cn2)CC1)C1(C)COC(c2ccc(C(=O)NC(C)(C)CO)c(F)c2)OC1. The Morgan fingerprint density at radius 1 is 1.27 bits per heavy atom. The second kappa shape index (κ2) is 11.2. The van der Waals surface area contributed by atoms with E-state index in [1.165, 1.54) is 12.1 Å². The molecule has 0 bridgehead atoms. The van der Waals surface area contributed by atoms with Crippen molar-refractivity contribution in [2.45, 2.75) is 52.4 Å². The number of halogens is 2. The maximum atomic E-state index is 14.8. The fourth-order valence-electron chi connectivity index (χ4n) is 4.99. The second-order valence-corrected chi connectivity index (χ2v) is 11.6. The maximum absolute atomic E-state index is 14.8. The minimum Gasteiger partial charge on any atom is -0.394 e. The molecule has 10 heteroatoms. The Kier molecular flexibility index (Phi) is 8.38. The van der Waals surface area contributed by atoms with Crippen molar-refractivity contribution in [3.63, 3.8) is 0 Å². The van der Waals surface area contributed by atoms with Crippen LogP contribution in [0.25, 0.3) is 0 Å². The summed E-state index contributed by atoms with van der Waals surface area (Å²) in [5.41, 5.74) is -0.579. The van der Waals surface area contributed by atoms with E-state index >= 15 is 0 Å². The van der Waals surface area contributed by atoms with Crippen molar-refractivity contribution < 1.29 is 23.8 Å². The Bertz CT molecular complexity index is 1080. The van der Waals surface area contributed by atoms with Crippen LogP contribution in [0.3, 0.4) is 0 Å². The zero-order chi connectivity index (χ0) is 26.8. The number of amides is 1. The predicted octanol–water partition coefficient (Wildman–Crippen LogP) is 4.37. The summed E-state index contributed by atoms with van der Waals surface area (Å²) >= 11 is 5.91. The molecule has 2 N–H and O–H groups in total. The molecule has 2 saturated heterocycles. The average Bonchev–Trinajstić information content (AvgIpc) is 2.89. The first-order valence-electron chi connectivity index (χ1n) is 12.7. The van der Waals surface area contributed by atoms with Gasteiger partial charge in [0, 0.05) is 24.1 Å². The highest BCUT2D eigenvalue weighted by molar-refractivity contribution is 6.30. The molecule has 2 aliphatic rings. The largest absolute Gasteiger partial charge is 0.394 e. The monoisotopic (exact) mass is 534 g/mol. The quantitative estimate of drug-likeness (QED) is 0.544. The number of aliphatic hydroxyl groups excluding tert-OH is 1. The van der Waals surface area contributed by atoms with Crippen molar-refractivity contribution in [1.29, 1.82) is 0 Å². The van der Waals surface area contributed by atoms with E-state index in [2.05, 4.69) is 34.0 Å². The number of piperidine rings is 1. The number of hydrogen-bond donors (Lipinski definition) is 2. The Morgan fingerprint density at radius 2 is 1.89 bits per heavy atom. The summed E-state index contributed by atoms with van der Waals surface area (Å²) in [5, 5.41) is 12.5. The third-order valence-corrected chi connectivity index (χ3v) is 7.92. The standard InChI is InChI=1S/C27H36ClFN4O4/c1-17(18-7-9-33(10-8-18)25-30-12-20(28)13-31-25)27(4)15-36-24(37-16-27)19-5-6-21(22(29)11-19)23(35)32-26(2,3)14-34/h5-6,11-13,17-18,24,34H,7-10,14-16H2,1-4H3,(H,32,35). The highest BCUT2D eigenvalue weighted by Gasteiger charge is 2.42. The van der Waals surface area contributed by atoms with Crippen molar-refractivity contribution in [2.75, 3.05) is 37.8 Å². The Labute approximate surface area is 222 Å². The number of anilines is 1. The highest BCUT2D eigenvalue weighted by Crippen LogP contribution is 2.43. The van der Waals surface area contributed by atoms with Gasteiger partial charge in [-0.05, 0) is 50.7 Å². The van der Waals surface area contributed by atoms with E-state index in [4.69, 9.17) is 21.1 Å². The van der Waals surface area contributed by atoms with E-state index < -0.39 is 23.6 Å². The van der Waals surface area contributed by atoms with Crippen LogP contribution >= 0.6 is 11.6 Å². The molecule has 0 spiro atoms. The summed E-state index contributed by atoms with van der Waals surface area (Å²) in [6.45, 7) is 10.3. The van der Waals surface area contributed by atoms with Crippen molar-refractivity contribution in [3.8, 4) is 0 Å². The van der Waals surface area contributed by atoms with Crippen molar-refractivity contribution in [2.24, 2.45) is 17.3 Å². The van der Waals surface area contributed by atoms with E-state index in [1.807, 2.05) is 0 Å². The van der Waals surface area contributed by atoms with Gasteiger partial charge in [-0.15, -0.1) is 0 Å². The fraction of sp³-hybridized carbons (Fsp3) is 0.593. The van der Waals surface area contributed by atoms with Gasteiger partial charge < -0.3 is 24.8 Å². The van der Waals surface area contributed by atoms with E-state index in [1.54, 1.807) is 32.3 Å². The van der Waals surface area contributed by atoms with Crippen LogP contribution in [-0.4, -0.2) is 59.4 Å². The van der Waals surface area contributed by atoms with E-state index in [0.29, 0.717) is 41.6 Å². The molecule has 2 fully saturated rings. The number of nitrogens with zero attached hydrogens (tertiary/aromatic N) is 3. The molecule has 37 heavy (non-hydrogen) atoms. The summed E-state index contributed by atoms with van der Waals surface area (Å²) < 4.78 is 26.9. The Balaban J connectivity index is 1.32. The maximum Gasteiger partial charge on any atom is 0.254 e. The number of rotatable bonds is 7. The highest BCUT2D eigenvalue weighted by atomic mass is 35.5. The van der Waals surface area contributed by atoms with Crippen LogP contribution in [0, 0.1) is 23.1 Å². The third-order valence-electron chi connectivity index (χ3n) is 7.72. The van der Waals surface area contributed by atoms with Crippen LogP contribution in [0.4, 0.5) is 10.3 Å². The zero-order valence-corrected chi connectivity index (χ0v) is 22.6. The average molecular weight is 535 g/mol. The molecular formula is C27H36ClFN4O4. The summed E-state index contributed by atoms with van der Waals surface area (Å²) in [6.07, 6.45) is 4.60. The van der Waals surface area contributed by atoms with Crippen molar-refractivity contribution >= 4 is 23.5 Å². The summed E-state index contributed by atoms with van der Waals surface area (Å²) in [5.74, 6) is 0.342. The number of hydrogen-bond acceptors (Lipinski definition) is 7. The molecule has 8 nitrogen and oxygen atoms in total. The van der Waals surface area contributed by atoms with Crippen LogP contribution in [0.15, 0.2) is 30.6 Å². The molecule has 0 aliphatic carbocycles. The van der Waals surface area contributed by atoms with Crippen molar-refractivity contribution in [3.05, 3.63) is 52.6 Å². The number of carbonyl (C=O) groups is 1. The second-order valence-electron chi connectivity index (χ2n) is 11.2. The lowest BCUT2D eigenvalue weighted by Gasteiger charge is -2.46. The zero-order valence-electron chi connectivity index (χ0n) is 21.8. The number of aromatic nitrogens is 2. The topological polar surface area (TPSA) is 96.8 Å². The molecule has 4 rings (SSSR count). The van der Waals surface area contributed by atoms with E-state index in [0.717, 1.165) is 25.9 Å². The molecule has 0 saturated carbocycles. The summed E-state index contributed by atoms with van der Waals surface area (Å²) in [4.78, 5) is 23.3. The first-order chi connectivity index (χ1) is 17.5. The third kappa shape index (κ3) is 6.39. The molecule has 3 heterocycles. The van der Waals surface area contributed by atoms with Crippen LogP contribution in [-0.2, 0) is 9.47 Å². The molecule has 1 amide bonds. The molecule has 2 aromatic rings. The lowest BCUT2D eigenvalue weighted by Crippen LogP contribution is -2.46. The minimum atomic E-state index is -0.848. The molecule has 1 atom stereocenters. The lowest BCUT2D eigenvalue weighted by atomic mass is 9.69. The molecule has 0 radical (unpaired) electrons. The van der Waals surface area contributed by atoms with Crippen molar-refractivity contribution in [1.82, 2.24) is 15.3 Å². The molecule has 202 valence electrons. The Morgan fingerprint density at radius 3 is 2.46 bits per heavy atom. The lowest BCUT2D eigenvalue weighted by molar-refractivity contribution is -0.244. The van der Waals surface area contributed by atoms with E-state index in [9.17, 15) is 14.3 Å².